The third kappa shape index (κ3) is 7.10. The third-order valence-electron chi connectivity index (χ3n) is 2.64. The van der Waals surface area contributed by atoms with E-state index in [1.807, 2.05) is 0 Å². The van der Waals surface area contributed by atoms with Crippen molar-refractivity contribution in [2.45, 2.75) is 39.5 Å². The monoisotopic (exact) mass is 323 g/mol. The first-order valence-electron chi connectivity index (χ1n) is 6.16. The number of quaternary nitrogens is 1. The summed E-state index contributed by atoms with van der Waals surface area (Å²) in [6, 6.07) is 0. The van der Waals surface area contributed by atoms with E-state index in [1.165, 1.54) is 12.8 Å². The van der Waals surface area contributed by atoms with Gasteiger partial charge in [0.15, 0.2) is 6.54 Å². The molecule has 0 aliphatic rings. The number of rotatable bonds is 9. The lowest BCUT2D eigenvalue weighted by molar-refractivity contribution is -1.15. The number of hydrogen-bond acceptors (Lipinski definition) is 4. The van der Waals surface area contributed by atoms with Crippen molar-refractivity contribution in [3.05, 3.63) is 12.2 Å². The largest absolute Gasteiger partial charge is 1.00 e. The van der Waals surface area contributed by atoms with E-state index in [2.05, 4.69) is 24.4 Å². The van der Waals surface area contributed by atoms with Gasteiger partial charge in [0.2, 0.25) is 0 Å². The molecule has 0 aromatic carbocycles. The van der Waals surface area contributed by atoms with Crippen LogP contribution in [0, 0.1) is 0 Å². The lowest BCUT2D eigenvalue weighted by Gasteiger charge is -2.30. The maximum atomic E-state index is 11.5. The Morgan fingerprint density at radius 2 is 1.78 bits per heavy atom. The first-order chi connectivity index (χ1) is 8.01. The summed E-state index contributed by atoms with van der Waals surface area (Å²) in [6.07, 6.45) is 4.50. The number of hydrogen-bond donors (Lipinski definition) is 2. The Kier molecular flexibility index (Phi) is 11.6. The summed E-state index contributed by atoms with van der Waals surface area (Å²) in [5.74, 6) is -0.399. The van der Waals surface area contributed by atoms with Crippen molar-refractivity contribution >= 4 is 5.97 Å². The predicted octanol–water partition coefficient (Wildman–Crippen LogP) is -1.31. The molecule has 0 saturated carbocycles. The van der Waals surface area contributed by atoms with Crippen molar-refractivity contribution in [3.8, 4) is 0 Å². The van der Waals surface area contributed by atoms with Gasteiger partial charge in [-0.2, -0.15) is 0 Å². The van der Waals surface area contributed by atoms with Gasteiger partial charge in [-0.15, -0.1) is 10.9 Å². The number of nitrogens with zero attached hydrogens (tertiary/aromatic N) is 1. The van der Waals surface area contributed by atoms with Gasteiger partial charge in [0.25, 0.3) is 0 Å². The summed E-state index contributed by atoms with van der Waals surface area (Å²) in [5.41, 5.74) is 6.34. The zero-order valence-electron chi connectivity index (χ0n) is 11.9. The highest BCUT2D eigenvalue weighted by Gasteiger charge is 2.30. The Morgan fingerprint density at radius 1 is 1.22 bits per heavy atom. The minimum absolute atomic E-state index is 0. The fourth-order valence-electron chi connectivity index (χ4n) is 1.45. The fourth-order valence-corrected chi connectivity index (χ4v) is 1.45. The van der Waals surface area contributed by atoms with Gasteiger partial charge in [0.05, 0.1) is 0 Å². The molecule has 0 rings (SSSR count). The van der Waals surface area contributed by atoms with E-state index < -0.39 is 5.97 Å². The van der Waals surface area contributed by atoms with E-state index in [9.17, 15) is 4.79 Å². The van der Waals surface area contributed by atoms with Gasteiger partial charge >= 0.3 is 5.97 Å². The van der Waals surface area contributed by atoms with Crippen molar-refractivity contribution in [3.63, 3.8) is 0 Å². The summed E-state index contributed by atoms with van der Waals surface area (Å²) < 4.78 is 0. The highest BCUT2D eigenvalue weighted by molar-refractivity contribution is 5.86. The van der Waals surface area contributed by atoms with Crippen molar-refractivity contribution < 1.29 is 31.5 Å². The molecule has 0 bridgehead atoms. The molecule has 0 unspecified atom stereocenters. The molecule has 0 aliphatic heterocycles. The molecule has 2 N–H and O–H groups in total. The number of carbonyl (C=O) groups excluding carboxylic acids is 1. The summed E-state index contributed by atoms with van der Waals surface area (Å²) in [4.78, 5) is 16.8. The average molecular weight is 324 g/mol. The van der Waals surface area contributed by atoms with Crippen molar-refractivity contribution in [1.82, 2.24) is 10.9 Å². The summed E-state index contributed by atoms with van der Waals surface area (Å²) in [5, 5.41) is 0. The average Bonchev–Trinajstić information content (AvgIpc) is 2.33. The van der Waals surface area contributed by atoms with Gasteiger partial charge in [-0.25, -0.2) is 9.63 Å². The van der Waals surface area contributed by atoms with E-state index in [1.54, 1.807) is 21.0 Å². The minimum Gasteiger partial charge on any atom is -1.00 e. The van der Waals surface area contributed by atoms with Crippen LogP contribution in [0.2, 0.25) is 0 Å². The van der Waals surface area contributed by atoms with Crippen molar-refractivity contribution in [2.24, 2.45) is 0 Å². The standard InChI is InChI=1S/C12H26N3O2.BrH/c1-6-7-8-9-10-15(13-4,14-5)17-12(16)11(2)3;/h13-14H,2,6-10H2,1,3-5H3;1H/q+1;/p-1. The van der Waals surface area contributed by atoms with Crippen LogP contribution in [0.4, 0.5) is 0 Å². The number of nitrogens with one attached hydrogen (secondary N) is 2. The second-order valence-corrected chi connectivity index (χ2v) is 4.13. The molecule has 18 heavy (non-hydrogen) atoms. The van der Waals surface area contributed by atoms with Gasteiger partial charge in [-0.05, 0) is 13.3 Å². The first kappa shape index (κ1) is 19.9. The molecule has 0 aliphatic carbocycles. The molecule has 5 nitrogen and oxygen atoms in total. The first-order valence-corrected chi connectivity index (χ1v) is 6.16. The second-order valence-electron chi connectivity index (χ2n) is 4.13. The molecule has 0 aromatic rings. The van der Waals surface area contributed by atoms with Gasteiger partial charge in [-0.1, -0.05) is 26.3 Å². The number of carbonyl (C=O) groups is 1. The van der Waals surface area contributed by atoms with Crippen LogP contribution in [-0.4, -0.2) is 31.5 Å². The molecule has 0 fully saturated rings. The van der Waals surface area contributed by atoms with Crippen molar-refractivity contribution in [2.75, 3.05) is 20.6 Å². The van der Waals surface area contributed by atoms with Crippen LogP contribution in [0.25, 0.3) is 0 Å². The van der Waals surface area contributed by atoms with Crippen LogP contribution in [0.15, 0.2) is 12.2 Å². The molecule has 0 atom stereocenters. The molecular formula is C12H26BrN3O2. The summed E-state index contributed by atoms with van der Waals surface area (Å²) >= 11 is 0. The maximum absolute atomic E-state index is 11.5. The Labute approximate surface area is 121 Å². The second kappa shape index (κ2) is 10.5. The number of hydroxylamine groups is 1. The highest BCUT2D eigenvalue weighted by atomic mass is 79.9. The zero-order chi connectivity index (χ0) is 13.3. The van der Waals surface area contributed by atoms with Gasteiger partial charge in [0.1, 0.15) is 0 Å². The lowest BCUT2D eigenvalue weighted by Crippen LogP contribution is -3.00. The molecule has 0 amide bonds. The minimum atomic E-state index is -0.399. The Hall–Kier alpha value is -0.430. The molecule has 0 saturated heterocycles. The quantitative estimate of drug-likeness (QED) is 0.239. The maximum Gasteiger partial charge on any atom is 0.398 e. The third-order valence-corrected chi connectivity index (χ3v) is 2.64. The molecule has 0 aromatic heterocycles. The molecule has 0 radical (unpaired) electrons. The SMILES string of the molecule is C=C(C)C(=O)O[N+](CCCCCC)(NC)NC.[Br-]. The van der Waals surface area contributed by atoms with E-state index in [4.69, 9.17) is 4.84 Å². The topological polar surface area (TPSA) is 50.4 Å². The van der Waals surface area contributed by atoms with E-state index in [0.717, 1.165) is 12.8 Å². The normalized spacial score (nSPS) is 10.7. The van der Waals surface area contributed by atoms with Crippen LogP contribution in [0.3, 0.4) is 0 Å². The van der Waals surface area contributed by atoms with E-state index in [-0.39, 0.29) is 21.8 Å². The Bertz CT molecular complexity index is 256. The van der Waals surface area contributed by atoms with E-state index >= 15 is 0 Å². The smallest absolute Gasteiger partial charge is 0.398 e. The Balaban J connectivity index is 0. The molecule has 0 spiro atoms. The molecular weight excluding hydrogens is 298 g/mol. The van der Waals surface area contributed by atoms with E-state index in [0.29, 0.717) is 12.1 Å². The van der Waals surface area contributed by atoms with Crippen LogP contribution < -0.4 is 27.8 Å². The highest BCUT2D eigenvalue weighted by Crippen LogP contribution is 2.07. The number of unbranched alkanes of at least 4 members (excludes halogenated alkanes) is 3. The van der Waals surface area contributed by atoms with Crippen LogP contribution in [-0.2, 0) is 9.63 Å². The van der Waals surface area contributed by atoms with Gasteiger partial charge in [-0.3, -0.25) is 0 Å². The molecule has 108 valence electrons. The van der Waals surface area contributed by atoms with Gasteiger partial charge in [0, 0.05) is 31.0 Å². The lowest BCUT2D eigenvalue weighted by atomic mass is 10.2. The van der Waals surface area contributed by atoms with Crippen LogP contribution in [0.5, 0.6) is 0 Å². The van der Waals surface area contributed by atoms with Crippen LogP contribution >= 0.6 is 0 Å². The molecule has 6 heteroatoms. The summed E-state index contributed by atoms with van der Waals surface area (Å²) in [7, 11) is 3.50. The Morgan fingerprint density at radius 3 is 2.17 bits per heavy atom. The zero-order valence-corrected chi connectivity index (χ0v) is 13.5. The number of halogens is 1. The molecule has 0 heterocycles. The van der Waals surface area contributed by atoms with Crippen molar-refractivity contribution in [1.29, 1.82) is 0 Å². The summed E-state index contributed by atoms with van der Waals surface area (Å²) in [6.45, 7) is 8.07. The van der Waals surface area contributed by atoms with Gasteiger partial charge < -0.3 is 17.0 Å². The van der Waals surface area contributed by atoms with Crippen LogP contribution in [0.1, 0.15) is 39.5 Å². The predicted molar refractivity (Wildman–Crippen MR) is 68.3 cm³/mol. The fraction of sp³-hybridized carbons (Fsp3) is 0.750.